The van der Waals surface area contributed by atoms with Crippen LogP contribution in [-0.4, -0.2) is 72.7 Å². The van der Waals surface area contributed by atoms with Gasteiger partial charge in [-0.05, 0) is 32.7 Å². The van der Waals surface area contributed by atoms with E-state index in [4.69, 9.17) is 0 Å². The first-order chi connectivity index (χ1) is 8.67. The van der Waals surface area contributed by atoms with Gasteiger partial charge in [0.1, 0.15) is 0 Å². The van der Waals surface area contributed by atoms with E-state index in [0.717, 1.165) is 58.3 Å². The van der Waals surface area contributed by atoms with Crippen LogP contribution in [0.4, 0.5) is 0 Å². The molecule has 0 aromatic heterocycles. The largest absolute Gasteiger partial charge is 0.389 e. The molecule has 5 nitrogen and oxygen atoms in total. The maximum atomic E-state index is 10.7. The zero-order valence-corrected chi connectivity index (χ0v) is 11.3. The first-order valence-electron chi connectivity index (χ1n) is 6.97. The van der Waals surface area contributed by atoms with Gasteiger partial charge in [0.15, 0.2) is 0 Å². The van der Waals surface area contributed by atoms with Gasteiger partial charge in [-0.25, -0.2) is 0 Å². The van der Waals surface area contributed by atoms with Gasteiger partial charge in [-0.2, -0.15) is 0 Å². The van der Waals surface area contributed by atoms with Crippen LogP contribution in [0, 0.1) is 0 Å². The highest BCUT2D eigenvalue weighted by Gasteiger charge is 2.35. The number of hydrogen-bond donors (Lipinski definition) is 2. The normalized spacial score (nSPS) is 34.6. The molecule has 1 saturated carbocycles. The lowest BCUT2D eigenvalue weighted by molar-refractivity contribution is -0.120. The van der Waals surface area contributed by atoms with Crippen LogP contribution in [0.5, 0.6) is 0 Å². The molecule has 18 heavy (non-hydrogen) atoms. The summed E-state index contributed by atoms with van der Waals surface area (Å²) in [6.45, 7) is 4.35. The van der Waals surface area contributed by atoms with Gasteiger partial charge in [-0.15, -0.1) is 0 Å². The van der Waals surface area contributed by atoms with E-state index >= 15 is 0 Å². The number of carbonyl (C=O) groups excluding carboxylic acids is 1. The number of rotatable bonds is 4. The lowest BCUT2D eigenvalue weighted by Gasteiger charge is -2.43. The second-order valence-corrected chi connectivity index (χ2v) is 5.66. The van der Waals surface area contributed by atoms with E-state index in [0.29, 0.717) is 12.6 Å². The molecule has 104 valence electrons. The van der Waals surface area contributed by atoms with Crippen molar-refractivity contribution < 1.29 is 9.90 Å². The van der Waals surface area contributed by atoms with Crippen molar-refractivity contribution in [1.29, 1.82) is 0 Å². The van der Waals surface area contributed by atoms with Gasteiger partial charge >= 0.3 is 0 Å². The average molecular weight is 255 g/mol. The molecule has 1 amide bonds. The van der Waals surface area contributed by atoms with Gasteiger partial charge in [0.05, 0.1) is 5.60 Å². The Hall–Kier alpha value is -0.650. The van der Waals surface area contributed by atoms with E-state index in [9.17, 15) is 9.90 Å². The molecule has 2 aliphatic rings. The summed E-state index contributed by atoms with van der Waals surface area (Å²) in [5.41, 5.74) is -0.504. The fourth-order valence-electron chi connectivity index (χ4n) is 3.22. The van der Waals surface area contributed by atoms with Crippen LogP contribution >= 0.6 is 0 Å². The second kappa shape index (κ2) is 5.99. The minimum absolute atomic E-state index is 0.504. The molecule has 1 aliphatic heterocycles. The van der Waals surface area contributed by atoms with Crippen LogP contribution < -0.4 is 5.32 Å². The molecule has 1 saturated heterocycles. The Kier molecular flexibility index (Phi) is 4.59. The first kappa shape index (κ1) is 13.8. The number of piperazine rings is 1. The van der Waals surface area contributed by atoms with Gasteiger partial charge in [-0.3, -0.25) is 9.69 Å². The fourth-order valence-corrected chi connectivity index (χ4v) is 3.22. The molecule has 2 fully saturated rings. The van der Waals surface area contributed by atoms with E-state index in [1.165, 1.54) is 0 Å². The lowest BCUT2D eigenvalue weighted by atomic mass is 9.81. The molecule has 0 bridgehead atoms. The highest BCUT2D eigenvalue weighted by molar-refractivity contribution is 5.47. The van der Waals surface area contributed by atoms with E-state index in [2.05, 4.69) is 10.2 Å². The van der Waals surface area contributed by atoms with Gasteiger partial charge in [-0.1, -0.05) is 0 Å². The monoisotopic (exact) mass is 255 g/mol. The summed E-state index contributed by atoms with van der Waals surface area (Å²) in [5, 5.41) is 13.4. The second-order valence-electron chi connectivity index (χ2n) is 5.66. The Morgan fingerprint density at radius 2 is 1.89 bits per heavy atom. The third-order valence-electron chi connectivity index (χ3n) is 4.41. The van der Waals surface area contributed by atoms with Crippen molar-refractivity contribution in [2.24, 2.45) is 0 Å². The van der Waals surface area contributed by atoms with Crippen molar-refractivity contribution in [3.63, 3.8) is 0 Å². The summed E-state index contributed by atoms with van der Waals surface area (Å²) in [6, 6.07) is 0.593. The molecule has 1 aliphatic carbocycles. The van der Waals surface area contributed by atoms with Crippen LogP contribution in [0.1, 0.15) is 25.7 Å². The molecular formula is C13H25N3O2. The molecule has 2 N–H and O–H groups in total. The van der Waals surface area contributed by atoms with Crippen molar-refractivity contribution in [2.45, 2.75) is 37.3 Å². The van der Waals surface area contributed by atoms with E-state index in [-0.39, 0.29) is 0 Å². The first-order valence-corrected chi connectivity index (χ1v) is 6.97. The maximum absolute atomic E-state index is 10.7. The molecule has 0 aromatic carbocycles. The van der Waals surface area contributed by atoms with Crippen LogP contribution in [0.25, 0.3) is 0 Å². The zero-order valence-electron chi connectivity index (χ0n) is 11.3. The number of nitrogens with zero attached hydrogens (tertiary/aromatic N) is 2. The van der Waals surface area contributed by atoms with Crippen molar-refractivity contribution in [3.05, 3.63) is 0 Å². The topological polar surface area (TPSA) is 55.8 Å². The summed E-state index contributed by atoms with van der Waals surface area (Å²) in [4.78, 5) is 15.0. The van der Waals surface area contributed by atoms with Crippen molar-refractivity contribution in [1.82, 2.24) is 15.1 Å². The summed E-state index contributed by atoms with van der Waals surface area (Å²) in [6.07, 6.45) is 4.85. The van der Waals surface area contributed by atoms with E-state index < -0.39 is 5.60 Å². The number of aliphatic hydroxyl groups is 1. The molecule has 2 rings (SSSR count). The number of nitrogens with one attached hydrogen (secondary N) is 1. The van der Waals surface area contributed by atoms with Crippen molar-refractivity contribution in [2.75, 3.05) is 39.8 Å². The molecule has 1 heterocycles. The van der Waals surface area contributed by atoms with Gasteiger partial charge in [0, 0.05) is 38.8 Å². The van der Waals surface area contributed by atoms with Crippen molar-refractivity contribution in [3.8, 4) is 0 Å². The molecule has 0 radical (unpaired) electrons. The van der Waals surface area contributed by atoms with Crippen LogP contribution in [0.3, 0.4) is 0 Å². The minimum atomic E-state index is -0.504. The smallest absolute Gasteiger partial charge is 0.209 e. The maximum Gasteiger partial charge on any atom is 0.209 e. The molecule has 0 aromatic rings. The Balaban J connectivity index is 1.78. The highest BCUT2D eigenvalue weighted by Crippen LogP contribution is 2.30. The summed E-state index contributed by atoms with van der Waals surface area (Å²) >= 11 is 0. The molecule has 5 heteroatoms. The average Bonchev–Trinajstić information content (AvgIpc) is 2.40. The van der Waals surface area contributed by atoms with Crippen LogP contribution in [0.2, 0.25) is 0 Å². The molecule has 0 unspecified atom stereocenters. The molecule has 0 atom stereocenters. The lowest BCUT2D eigenvalue weighted by Crippen LogP contribution is -2.53. The Bertz CT molecular complexity index is 269. The third kappa shape index (κ3) is 3.22. The number of likely N-dealkylation sites (N-methyl/N-ethyl adjacent to an activating group) is 1. The predicted octanol–water partition coefficient (Wildman–Crippen LogP) is -0.346. The van der Waals surface area contributed by atoms with Crippen molar-refractivity contribution >= 4 is 6.41 Å². The predicted molar refractivity (Wildman–Crippen MR) is 70.3 cm³/mol. The Labute approximate surface area is 109 Å². The zero-order chi connectivity index (χ0) is 13.0. The third-order valence-corrected chi connectivity index (χ3v) is 4.41. The van der Waals surface area contributed by atoms with Gasteiger partial charge < -0.3 is 15.3 Å². The van der Waals surface area contributed by atoms with Gasteiger partial charge in [0.25, 0.3) is 0 Å². The quantitative estimate of drug-likeness (QED) is 0.675. The SMILES string of the molecule is CNCC1(O)CCC(N2CCN(C=O)CC2)CC1. The Morgan fingerprint density at radius 1 is 1.28 bits per heavy atom. The minimum Gasteiger partial charge on any atom is -0.389 e. The number of carbonyl (C=O) groups is 1. The highest BCUT2D eigenvalue weighted by atomic mass is 16.3. The van der Waals surface area contributed by atoms with Gasteiger partial charge in [0.2, 0.25) is 6.41 Å². The fraction of sp³-hybridized carbons (Fsp3) is 0.923. The molecular weight excluding hydrogens is 230 g/mol. The Morgan fingerprint density at radius 3 is 2.39 bits per heavy atom. The summed E-state index contributed by atoms with van der Waals surface area (Å²) in [5.74, 6) is 0. The van der Waals surface area contributed by atoms with Crippen LogP contribution in [0.15, 0.2) is 0 Å². The standard InChI is InChI=1S/C13H25N3O2/c1-14-10-13(18)4-2-12(3-5-13)16-8-6-15(11-17)7-9-16/h11-12,14,18H,2-10H2,1H3. The van der Waals surface area contributed by atoms with E-state index in [1.54, 1.807) is 0 Å². The van der Waals surface area contributed by atoms with Crippen LogP contribution in [-0.2, 0) is 4.79 Å². The molecule has 0 spiro atoms. The summed E-state index contributed by atoms with van der Waals surface area (Å²) < 4.78 is 0. The van der Waals surface area contributed by atoms with E-state index in [1.807, 2.05) is 11.9 Å². The summed E-state index contributed by atoms with van der Waals surface area (Å²) in [7, 11) is 1.89. The number of hydrogen-bond acceptors (Lipinski definition) is 4. The number of amides is 1.